The number of hydrogen-bond donors (Lipinski definition) is 1. The highest BCUT2D eigenvalue weighted by atomic mass is 19.1. The lowest BCUT2D eigenvalue weighted by Gasteiger charge is -2.14. The van der Waals surface area contributed by atoms with Crippen LogP contribution in [0.4, 0.5) is 15.9 Å². The van der Waals surface area contributed by atoms with Gasteiger partial charge in [0, 0.05) is 17.2 Å². The number of anilines is 2. The van der Waals surface area contributed by atoms with Crippen molar-refractivity contribution in [1.82, 2.24) is 9.78 Å². The van der Waals surface area contributed by atoms with E-state index in [0.29, 0.717) is 0 Å². The second-order valence-electron chi connectivity index (χ2n) is 7.00. The van der Waals surface area contributed by atoms with Gasteiger partial charge in [-0.2, -0.15) is 5.10 Å². The molecule has 1 N–H and O–H groups in total. The summed E-state index contributed by atoms with van der Waals surface area (Å²) < 4.78 is 15.6. The number of nitrogens with zero attached hydrogens (tertiary/aromatic N) is 2. The van der Waals surface area contributed by atoms with Gasteiger partial charge in [0.1, 0.15) is 11.6 Å². The maximum atomic E-state index is 13.8. The third-order valence-electron chi connectivity index (χ3n) is 3.92. The second kappa shape index (κ2) is 6.11. The Hall–Kier alpha value is -2.62. The van der Waals surface area contributed by atoms with E-state index in [1.54, 1.807) is 10.7 Å². The summed E-state index contributed by atoms with van der Waals surface area (Å²) in [4.78, 5) is 0. The van der Waals surface area contributed by atoms with Gasteiger partial charge in [0.2, 0.25) is 0 Å². The summed E-state index contributed by atoms with van der Waals surface area (Å²) in [5.41, 5.74) is 3.53. The first-order valence-corrected chi connectivity index (χ1v) is 8.04. The molecule has 0 aliphatic rings. The zero-order chi connectivity index (χ0) is 17.3. The monoisotopic (exact) mass is 323 g/mol. The zero-order valence-corrected chi connectivity index (χ0v) is 14.5. The van der Waals surface area contributed by atoms with Gasteiger partial charge in [0.25, 0.3) is 0 Å². The number of para-hydroxylation sites is 1. The number of aromatic nitrogens is 2. The first kappa shape index (κ1) is 16.2. The zero-order valence-electron chi connectivity index (χ0n) is 14.5. The van der Waals surface area contributed by atoms with E-state index >= 15 is 0 Å². The first-order chi connectivity index (χ1) is 11.3. The van der Waals surface area contributed by atoms with Crippen LogP contribution in [0.25, 0.3) is 5.69 Å². The SMILES string of the molecule is Cc1ccc(F)cc1-n1nc(C(C)(C)C)cc1Nc1ccccc1. The van der Waals surface area contributed by atoms with E-state index in [2.05, 4.69) is 26.1 Å². The Kier molecular flexibility index (Phi) is 4.14. The fourth-order valence-electron chi connectivity index (χ4n) is 2.50. The molecule has 0 spiro atoms. The Morgan fingerprint density at radius 1 is 1.00 bits per heavy atom. The minimum atomic E-state index is -0.269. The summed E-state index contributed by atoms with van der Waals surface area (Å²) in [7, 11) is 0. The van der Waals surface area contributed by atoms with E-state index in [1.807, 2.05) is 43.3 Å². The summed E-state index contributed by atoms with van der Waals surface area (Å²) in [6, 6.07) is 16.7. The molecule has 0 atom stereocenters. The molecule has 2 aromatic carbocycles. The number of halogens is 1. The van der Waals surface area contributed by atoms with Gasteiger partial charge in [0.05, 0.1) is 11.4 Å². The molecule has 0 radical (unpaired) electrons. The summed E-state index contributed by atoms with van der Waals surface area (Å²) in [6.45, 7) is 8.30. The summed E-state index contributed by atoms with van der Waals surface area (Å²) in [5.74, 6) is 0.550. The molecule has 3 rings (SSSR count). The van der Waals surface area contributed by atoms with Crippen LogP contribution in [0, 0.1) is 12.7 Å². The highest BCUT2D eigenvalue weighted by Gasteiger charge is 2.21. The number of nitrogens with one attached hydrogen (secondary N) is 1. The van der Waals surface area contributed by atoms with Crippen molar-refractivity contribution in [2.75, 3.05) is 5.32 Å². The molecule has 3 aromatic rings. The quantitative estimate of drug-likeness (QED) is 0.703. The number of aryl methyl sites for hydroxylation is 1. The van der Waals surface area contributed by atoms with Crippen molar-refractivity contribution in [2.45, 2.75) is 33.1 Å². The molecule has 124 valence electrons. The number of hydrogen-bond acceptors (Lipinski definition) is 2. The number of benzene rings is 2. The van der Waals surface area contributed by atoms with Gasteiger partial charge in [-0.1, -0.05) is 45.0 Å². The van der Waals surface area contributed by atoms with Crippen molar-refractivity contribution in [3.63, 3.8) is 0 Å². The largest absolute Gasteiger partial charge is 0.340 e. The van der Waals surface area contributed by atoms with Crippen molar-refractivity contribution in [1.29, 1.82) is 0 Å². The highest BCUT2D eigenvalue weighted by Crippen LogP contribution is 2.29. The lowest BCUT2D eigenvalue weighted by atomic mass is 9.92. The van der Waals surface area contributed by atoms with Crippen molar-refractivity contribution in [3.8, 4) is 5.69 Å². The molecule has 24 heavy (non-hydrogen) atoms. The van der Waals surface area contributed by atoms with Crippen LogP contribution in [0.3, 0.4) is 0 Å². The Bertz CT molecular complexity index is 845. The van der Waals surface area contributed by atoms with Gasteiger partial charge in [-0.25, -0.2) is 9.07 Å². The molecule has 0 amide bonds. The van der Waals surface area contributed by atoms with Gasteiger partial charge in [0.15, 0.2) is 0 Å². The lowest BCUT2D eigenvalue weighted by Crippen LogP contribution is -2.13. The van der Waals surface area contributed by atoms with Crippen molar-refractivity contribution < 1.29 is 4.39 Å². The highest BCUT2D eigenvalue weighted by molar-refractivity contribution is 5.60. The third kappa shape index (κ3) is 3.32. The molecular formula is C20H22FN3. The van der Waals surface area contributed by atoms with Crippen LogP contribution in [0.2, 0.25) is 0 Å². The maximum Gasteiger partial charge on any atom is 0.134 e. The fourth-order valence-corrected chi connectivity index (χ4v) is 2.50. The fraction of sp³-hybridized carbons (Fsp3) is 0.250. The van der Waals surface area contributed by atoms with Gasteiger partial charge in [-0.15, -0.1) is 0 Å². The standard InChI is InChI=1S/C20H22FN3/c1-14-10-11-15(21)12-17(14)24-19(13-18(23-24)20(2,3)4)22-16-8-6-5-7-9-16/h5-13,22H,1-4H3. The molecule has 0 aliphatic heterocycles. The van der Waals surface area contributed by atoms with Gasteiger partial charge >= 0.3 is 0 Å². The van der Waals surface area contributed by atoms with Crippen LogP contribution >= 0.6 is 0 Å². The van der Waals surface area contributed by atoms with Crippen molar-refractivity contribution in [2.24, 2.45) is 0 Å². The van der Waals surface area contributed by atoms with Gasteiger partial charge in [-0.05, 0) is 36.8 Å². The van der Waals surface area contributed by atoms with Crippen molar-refractivity contribution in [3.05, 3.63) is 71.7 Å². The summed E-state index contributed by atoms with van der Waals surface area (Å²) in [6.07, 6.45) is 0. The minimum Gasteiger partial charge on any atom is -0.340 e. The molecule has 0 unspecified atom stereocenters. The second-order valence-corrected chi connectivity index (χ2v) is 7.00. The Morgan fingerprint density at radius 2 is 1.71 bits per heavy atom. The van der Waals surface area contributed by atoms with Crippen LogP contribution in [0.1, 0.15) is 32.0 Å². The molecule has 3 nitrogen and oxygen atoms in total. The Labute approximate surface area is 142 Å². The third-order valence-corrected chi connectivity index (χ3v) is 3.92. The van der Waals surface area contributed by atoms with E-state index in [4.69, 9.17) is 5.10 Å². The van der Waals surface area contributed by atoms with Crippen LogP contribution in [0.5, 0.6) is 0 Å². The van der Waals surface area contributed by atoms with E-state index in [-0.39, 0.29) is 11.2 Å². The summed E-state index contributed by atoms with van der Waals surface area (Å²) >= 11 is 0. The van der Waals surface area contributed by atoms with Crippen LogP contribution in [0.15, 0.2) is 54.6 Å². The molecule has 0 bridgehead atoms. The normalized spacial score (nSPS) is 11.5. The lowest BCUT2D eigenvalue weighted by molar-refractivity contribution is 0.559. The average molecular weight is 323 g/mol. The molecule has 0 saturated heterocycles. The Morgan fingerprint density at radius 3 is 2.38 bits per heavy atom. The van der Waals surface area contributed by atoms with E-state index in [1.165, 1.54) is 12.1 Å². The van der Waals surface area contributed by atoms with Crippen molar-refractivity contribution >= 4 is 11.5 Å². The predicted molar refractivity (Wildman–Crippen MR) is 96.7 cm³/mol. The van der Waals surface area contributed by atoms with Gasteiger partial charge < -0.3 is 5.32 Å². The number of rotatable bonds is 3. The smallest absolute Gasteiger partial charge is 0.134 e. The molecule has 0 saturated carbocycles. The molecule has 1 aromatic heterocycles. The van der Waals surface area contributed by atoms with E-state index in [0.717, 1.165) is 28.5 Å². The molecule has 1 heterocycles. The topological polar surface area (TPSA) is 29.9 Å². The summed E-state index contributed by atoms with van der Waals surface area (Å²) in [5, 5.41) is 8.13. The van der Waals surface area contributed by atoms with E-state index in [9.17, 15) is 4.39 Å². The first-order valence-electron chi connectivity index (χ1n) is 8.04. The van der Waals surface area contributed by atoms with Crippen LogP contribution in [-0.4, -0.2) is 9.78 Å². The maximum absolute atomic E-state index is 13.8. The van der Waals surface area contributed by atoms with Crippen LogP contribution in [-0.2, 0) is 5.41 Å². The Balaban J connectivity index is 2.13. The molecule has 0 aliphatic carbocycles. The molecule has 0 fully saturated rings. The van der Waals surface area contributed by atoms with E-state index < -0.39 is 0 Å². The molecule has 4 heteroatoms. The van der Waals surface area contributed by atoms with Crippen LogP contribution < -0.4 is 5.32 Å². The average Bonchev–Trinajstić information content (AvgIpc) is 2.94. The molecular weight excluding hydrogens is 301 g/mol. The minimum absolute atomic E-state index is 0.0976. The predicted octanol–water partition coefficient (Wildman–Crippen LogP) is 5.36. The van der Waals surface area contributed by atoms with Gasteiger partial charge in [-0.3, -0.25) is 0 Å².